The number of fused-ring (bicyclic) bond motifs is 1. The Bertz CT molecular complexity index is 285. The summed E-state index contributed by atoms with van der Waals surface area (Å²) in [6.45, 7) is 0.624. The van der Waals surface area contributed by atoms with Gasteiger partial charge in [-0.2, -0.15) is 0 Å². The van der Waals surface area contributed by atoms with E-state index in [1.165, 1.54) is 0 Å². The minimum absolute atomic E-state index is 0.199. The molecule has 0 fully saturated rings. The highest BCUT2D eigenvalue weighted by molar-refractivity contribution is 5.58. The van der Waals surface area contributed by atoms with Crippen molar-refractivity contribution in [2.45, 2.75) is 6.42 Å². The van der Waals surface area contributed by atoms with Crippen LogP contribution in [0.2, 0.25) is 0 Å². The fourth-order valence-electron chi connectivity index (χ4n) is 1.35. The summed E-state index contributed by atoms with van der Waals surface area (Å²) in [5, 5.41) is 19.5. The molecule has 58 valence electrons. The van der Waals surface area contributed by atoms with Crippen molar-refractivity contribution in [3.05, 3.63) is 23.8 Å². The van der Waals surface area contributed by atoms with Crippen LogP contribution in [-0.2, 0) is 6.42 Å². The Kier molecular flexibility index (Phi) is 1.26. The van der Waals surface area contributed by atoms with Crippen molar-refractivity contribution in [2.75, 3.05) is 11.6 Å². The Morgan fingerprint density at radius 3 is 3.00 bits per heavy atom. The van der Waals surface area contributed by atoms with E-state index < -0.39 is 0 Å². The lowest BCUT2D eigenvalue weighted by Gasteiger charge is -2.08. The zero-order valence-corrected chi connectivity index (χ0v) is 5.99. The second-order valence-corrected chi connectivity index (χ2v) is 2.69. The first kappa shape index (κ1) is 6.49. The first-order valence-electron chi connectivity index (χ1n) is 3.56. The Labute approximate surface area is 64.5 Å². The molecule has 0 aliphatic carbocycles. The molecule has 3 heteroatoms. The summed E-state index contributed by atoms with van der Waals surface area (Å²) in [6, 6.07) is 5.04. The van der Waals surface area contributed by atoms with Crippen molar-refractivity contribution in [3.63, 3.8) is 0 Å². The lowest BCUT2D eigenvalue weighted by Crippen LogP contribution is -2.13. The van der Waals surface area contributed by atoms with E-state index in [0.717, 1.165) is 22.7 Å². The highest BCUT2D eigenvalue weighted by Gasteiger charge is 2.16. The molecule has 1 aromatic carbocycles. The summed E-state index contributed by atoms with van der Waals surface area (Å²) < 4.78 is 0. The Morgan fingerprint density at radius 1 is 1.36 bits per heavy atom. The predicted octanol–water partition coefficient (Wildman–Crippen LogP) is 1.14. The zero-order chi connectivity index (χ0) is 7.84. The van der Waals surface area contributed by atoms with E-state index in [0.29, 0.717) is 6.54 Å². The van der Waals surface area contributed by atoms with Crippen LogP contribution < -0.4 is 5.06 Å². The summed E-state index contributed by atoms with van der Waals surface area (Å²) in [5.41, 5.74) is 1.82. The van der Waals surface area contributed by atoms with E-state index in [1.807, 2.05) is 6.07 Å². The Morgan fingerprint density at radius 2 is 2.18 bits per heavy atom. The van der Waals surface area contributed by atoms with E-state index in [4.69, 9.17) is 5.11 Å². The smallest absolute Gasteiger partial charge is 0.117 e. The third kappa shape index (κ3) is 0.935. The van der Waals surface area contributed by atoms with Gasteiger partial charge in [-0.3, -0.25) is 10.3 Å². The number of rotatable bonds is 0. The summed E-state index contributed by atoms with van der Waals surface area (Å²) in [5.74, 6) is 0.199. The van der Waals surface area contributed by atoms with Crippen LogP contribution in [0.25, 0.3) is 0 Å². The molecule has 2 N–H and O–H groups in total. The third-order valence-corrected chi connectivity index (χ3v) is 1.94. The zero-order valence-electron chi connectivity index (χ0n) is 5.99. The maximum Gasteiger partial charge on any atom is 0.117 e. The van der Waals surface area contributed by atoms with Gasteiger partial charge < -0.3 is 5.11 Å². The maximum atomic E-state index is 9.23. The lowest BCUT2D eigenvalue weighted by molar-refractivity contribution is 0.264. The Balaban J connectivity index is 2.52. The first-order valence-corrected chi connectivity index (χ1v) is 3.56. The quantitative estimate of drug-likeness (QED) is 0.584. The fourth-order valence-corrected chi connectivity index (χ4v) is 1.35. The van der Waals surface area contributed by atoms with Crippen LogP contribution in [0.4, 0.5) is 5.69 Å². The molecule has 0 saturated carbocycles. The van der Waals surface area contributed by atoms with Gasteiger partial charge in [0.15, 0.2) is 0 Å². The summed E-state index contributed by atoms with van der Waals surface area (Å²) in [4.78, 5) is 0. The van der Waals surface area contributed by atoms with Crippen LogP contribution in [0.1, 0.15) is 5.56 Å². The van der Waals surface area contributed by atoms with Crippen LogP contribution in [0.15, 0.2) is 18.2 Å². The number of hydroxylamine groups is 1. The molecular weight excluding hydrogens is 142 g/mol. The molecule has 0 unspecified atom stereocenters. The van der Waals surface area contributed by atoms with Crippen molar-refractivity contribution in [1.82, 2.24) is 0 Å². The van der Waals surface area contributed by atoms with Gasteiger partial charge in [-0.05, 0) is 18.1 Å². The van der Waals surface area contributed by atoms with E-state index in [9.17, 15) is 5.21 Å². The summed E-state index contributed by atoms with van der Waals surface area (Å²) in [6.07, 6.45) is 0.853. The SMILES string of the molecule is Oc1ccc2c(c1)N(O)CC2. The van der Waals surface area contributed by atoms with Gasteiger partial charge in [-0.25, -0.2) is 0 Å². The average molecular weight is 151 g/mol. The minimum atomic E-state index is 0.199. The second-order valence-electron chi connectivity index (χ2n) is 2.69. The highest BCUT2D eigenvalue weighted by atomic mass is 16.5. The van der Waals surface area contributed by atoms with Gasteiger partial charge in [-0.1, -0.05) is 6.07 Å². The number of benzene rings is 1. The van der Waals surface area contributed by atoms with Crippen molar-refractivity contribution in [2.24, 2.45) is 0 Å². The fraction of sp³-hybridized carbons (Fsp3) is 0.250. The number of hydrogen-bond donors (Lipinski definition) is 2. The van der Waals surface area contributed by atoms with Gasteiger partial charge in [0, 0.05) is 12.6 Å². The van der Waals surface area contributed by atoms with Crippen LogP contribution in [0.5, 0.6) is 5.75 Å². The molecule has 0 aromatic heterocycles. The molecule has 1 aliphatic rings. The number of nitrogens with zero attached hydrogens (tertiary/aromatic N) is 1. The molecule has 1 aliphatic heterocycles. The number of phenols is 1. The third-order valence-electron chi connectivity index (χ3n) is 1.94. The van der Waals surface area contributed by atoms with Crippen molar-refractivity contribution in [3.8, 4) is 5.75 Å². The predicted molar refractivity (Wildman–Crippen MR) is 40.9 cm³/mol. The van der Waals surface area contributed by atoms with Crippen LogP contribution in [0, 0.1) is 0 Å². The van der Waals surface area contributed by atoms with Crippen molar-refractivity contribution >= 4 is 5.69 Å². The molecule has 0 saturated heterocycles. The standard InChI is InChI=1S/C8H9NO2/c10-7-2-1-6-3-4-9(11)8(6)5-7/h1-2,5,10-11H,3-4H2. The van der Waals surface area contributed by atoms with Crippen LogP contribution >= 0.6 is 0 Å². The average Bonchev–Trinajstić information content (AvgIpc) is 2.33. The second kappa shape index (κ2) is 2.13. The molecule has 1 aromatic rings. The number of anilines is 1. The Hall–Kier alpha value is -1.22. The van der Waals surface area contributed by atoms with Gasteiger partial charge in [-0.15, -0.1) is 0 Å². The molecule has 0 atom stereocenters. The highest BCUT2D eigenvalue weighted by Crippen LogP contribution is 2.29. The van der Waals surface area contributed by atoms with Gasteiger partial charge in [0.05, 0.1) is 5.69 Å². The molecule has 0 bridgehead atoms. The van der Waals surface area contributed by atoms with Crippen LogP contribution in [-0.4, -0.2) is 16.9 Å². The summed E-state index contributed by atoms with van der Waals surface area (Å²) in [7, 11) is 0. The largest absolute Gasteiger partial charge is 0.508 e. The molecule has 0 spiro atoms. The van der Waals surface area contributed by atoms with Gasteiger partial charge in [0.1, 0.15) is 5.75 Å². The summed E-state index contributed by atoms with van der Waals surface area (Å²) >= 11 is 0. The molecule has 0 amide bonds. The normalized spacial score (nSPS) is 15.2. The van der Waals surface area contributed by atoms with Crippen LogP contribution in [0.3, 0.4) is 0 Å². The molecule has 11 heavy (non-hydrogen) atoms. The van der Waals surface area contributed by atoms with E-state index in [1.54, 1.807) is 12.1 Å². The van der Waals surface area contributed by atoms with Gasteiger partial charge in [0.25, 0.3) is 0 Å². The van der Waals surface area contributed by atoms with Gasteiger partial charge >= 0.3 is 0 Å². The topological polar surface area (TPSA) is 43.7 Å². The first-order chi connectivity index (χ1) is 5.27. The van der Waals surface area contributed by atoms with Gasteiger partial charge in [0.2, 0.25) is 0 Å². The van der Waals surface area contributed by atoms with E-state index in [-0.39, 0.29) is 5.75 Å². The number of phenolic OH excluding ortho intramolecular Hbond substituents is 1. The number of aromatic hydroxyl groups is 1. The maximum absolute atomic E-state index is 9.23. The van der Waals surface area contributed by atoms with E-state index >= 15 is 0 Å². The lowest BCUT2D eigenvalue weighted by atomic mass is 10.2. The molecule has 2 rings (SSSR count). The van der Waals surface area contributed by atoms with E-state index in [2.05, 4.69) is 0 Å². The van der Waals surface area contributed by atoms with Crippen molar-refractivity contribution < 1.29 is 10.3 Å². The molecule has 1 heterocycles. The number of hydrogen-bond acceptors (Lipinski definition) is 3. The molecular formula is C8H9NO2. The molecule has 0 radical (unpaired) electrons. The molecule has 3 nitrogen and oxygen atoms in total. The van der Waals surface area contributed by atoms with Crippen molar-refractivity contribution in [1.29, 1.82) is 0 Å². The minimum Gasteiger partial charge on any atom is -0.508 e. The monoisotopic (exact) mass is 151 g/mol.